The van der Waals surface area contributed by atoms with Gasteiger partial charge in [-0.3, -0.25) is 9.97 Å². The van der Waals surface area contributed by atoms with Gasteiger partial charge in [0.25, 0.3) is 0 Å². The average Bonchev–Trinajstić information content (AvgIpc) is 3.19. The summed E-state index contributed by atoms with van der Waals surface area (Å²) in [4.78, 5) is 11.2. The molecule has 0 unspecified atom stereocenters. The molecule has 3 heteroatoms. The van der Waals surface area contributed by atoms with Gasteiger partial charge in [0.05, 0.1) is 23.8 Å². The molecule has 0 radical (unpaired) electrons. The molecular formula is C46H31N3. The zero-order chi connectivity index (χ0) is 32.6. The van der Waals surface area contributed by atoms with E-state index >= 15 is 0 Å². The number of nitrogens with zero attached hydrogens (tertiary/aromatic N) is 3. The highest BCUT2D eigenvalue weighted by Crippen LogP contribution is 2.49. The van der Waals surface area contributed by atoms with Crippen LogP contribution in [0.3, 0.4) is 0 Å². The van der Waals surface area contributed by atoms with Crippen LogP contribution >= 0.6 is 0 Å². The van der Waals surface area contributed by atoms with Crippen molar-refractivity contribution in [1.29, 1.82) is 0 Å². The van der Waals surface area contributed by atoms with Crippen LogP contribution in [0.5, 0.6) is 0 Å². The first-order chi connectivity index (χ1) is 24.3. The van der Waals surface area contributed by atoms with Crippen LogP contribution in [0.1, 0.15) is 0 Å². The van der Waals surface area contributed by atoms with Crippen LogP contribution in [0.25, 0.3) is 65.7 Å². The lowest BCUT2D eigenvalue weighted by molar-refractivity contribution is 1.20. The van der Waals surface area contributed by atoms with Crippen molar-refractivity contribution in [1.82, 2.24) is 9.97 Å². The lowest BCUT2D eigenvalue weighted by atomic mass is 9.81. The van der Waals surface area contributed by atoms with Crippen LogP contribution in [-0.2, 0) is 0 Å². The number of fused-ring (bicyclic) bond motifs is 6. The predicted molar refractivity (Wildman–Crippen MR) is 206 cm³/mol. The summed E-state index contributed by atoms with van der Waals surface area (Å²) in [5, 5.41) is 7.36. The summed E-state index contributed by atoms with van der Waals surface area (Å²) in [5.74, 6) is 0. The van der Waals surface area contributed by atoms with Gasteiger partial charge in [-0.1, -0.05) is 121 Å². The smallest absolute Gasteiger partial charge is 0.0645 e. The molecule has 2 aromatic heterocycles. The van der Waals surface area contributed by atoms with E-state index in [1.807, 2.05) is 36.9 Å². The second-order valence-electron chi connectivity index (χ2n) is 12.2. The van der Waals surface area contributed by atoms with Gasteiger partial charge in [-0.2, -0.15) is 0 Å². The fourth-order valence-corrected chi connectivity index (χ4v) is 7.29. The Morgan fingerprint density at radius 2 is 0.878 bits per heavy atom. The highest BCUT2D eigenvalue weighted by atomic mass is 15.2. The second kappa shape index (κ2) is 12.2. The average molecular weight is 626 g/mol. The summed E-state index contributed by atoms with van der Waals surface area (Å²) in [6.07, 6.45) is 7.43. The molecule has 0 bridgehead atoms. The maximum absolute atomic E-state index is 4.47. The molecule has 49 heavy (non-hydrogen) atoms. The first-order valence-electron chi connectivity index (χ1n) is 16.6. The summed E-state index contributed by atoms with van der Waals surface area (Å²) >= 11 is 0. The monoisotopic (exact) mass is 625 g/mol. The molecule has 0 spiro atoms. The number of hydrogen-bond donors (Lipinski definition) is 0. The van der Waals surface area contributed by atoms with E-state index in [9.17, 15) is 0 Å². The van der Waals surface area contributed by atoms with E-state index < -0.39 is 0 Å². The van der Waals surface area contributed by atoms with Gasteiger partial charge in [-0.25, -0.2) is 0 Å². The lowest BCUT2D eigenvalue weighted by Gasteiger charge is -2.26. The molecule has 0 aliphatic rings. The number of benzene rings is 7. The van der Waals surface area contributed by atoms with Crippen molar-refractivity contribution in [3.63, 3.8) is 0 Å². The van der Waals surface area contributed by atoms with E-state index in [2.05, 4.69) is 167 Å². The van der Waals surface area contributed by atoms with E-state index in [4.69, 9.17) is 0 Å². The molecule has 0 saturated heterocycles. The minimum atomic E-state index is 0.975. The third kappa shape index (κ3) is 5.00. The Labute approximate surface area is 285 Å². The maximum Gasteiger partial charge on any atom is 0.0645 e. The van der Waals surface area contributed by atoms with Crippen molar-refractivity contribution in [2.45, 2.75) is 0 Å². The zero-order valence-electron chi connectivity index (χ0n) is 26.7. The number of aromatic nitrogens is 2. The standard InChI is InChI=1S/C46H31N3/c1-4-14-32(15-5-1)41-29-42(33-16-6-2-7-17-33)45-39-23-11-10-22-38(39)43-28-35(24-25-40(43)46(45)44(41)34-18-8-3-9-19-34)49(36-20-12-26-47-30-36)37-21-13-27-48-31-37/h1-31H. The highest BCUT2D eigenvalue weighted by Gasteiger charge is 2.22. The zero-order valence-corrected chi connectivity index (χ0v) is 26.7. The Bertz CT molecular complexity index is 2530. The normalized spacial score (nSPS) is 11.3. The molecule has 230 valence electrons. The van der Waals surface area contributed by atoms with Gasteiger partial charge in [0.1, 0.15) is 0 Å². The van der Waals surface area contributed by atoms with Gasteiger partial charge in [-0.15, -0.1) is 0 Å². The molecule has 0 atom stereocenters. The Morgan fingerprint density at radius 1 is 0.347 bits per heavy atom. The minimum Gasteiger partial charge on any atom is -0.307 e. The molecule has 0 saturated carbocycles. The number of anilines is 3. The lowest BCUT2D eigenvalue weighted by Crippen LogP contribution is -2.10. The molecule has 0 aliphatic heterocycles. The molecule has 9 rings (SSSR count). The molecule has 2 heterocycles. The van der Waals surface area contributed by atoms with Crippen LogP contribution in [0.4, 0.5) is 17.1 Å². The Hall–Kier alpha value is -6.58. The van der Waals surface area contributed by atoms with Crippen molar-refractivity contribution in [3.8, 4) is 33.4 Å². The fourth-order valence-electron chi connectivity index (χ4n) is 7.29. The summed E-state index contributed by atoms with van der Waals surface area (Å²) in [6, 6.07) is 58.8. The van der Waals surface area contributed by atoms with Gasteiger partial charge in [-0.05, 0) is 108 Å². The molecule has 9 aromatic rings. The van der Waals surface area contributed by atoms with Crippen LogP contribution in [-0.4, -0.2) is 9.97 Å². The second-order valence-corrected chi connectivity index (χ2v) is 12.2. The number of rotatable bonds is 6. The van der Waals surface area contributed by atoms with E-state index in [-0.39, 0.29) is 0 Å². The van der Waals surface area contributed by atoms with Crippen molar-refractivity contribution < 1.29 is 0 Å². The van der Waals surface area contributed by atoms with Crippen LogP contribution < -0.4 is 4.90 Å². The first-order valence-corrected chi connectivity index (χ1v) is 16.6. The largest absolute Gasteiger partial charge is 0.307 e. The van der Waals surface area contributed by atoms with Gasteiger partial charge < -0.3 is 4.90 Å². The van der Waals surface area contributed by atoms with Crippen LogP contribution in [0, 0.1) is 0 Å². The van der Waals surface area contributed by atoms with E-state index in [1.54, 1.807) is 0 Å². The van der Waals surface area contributed by atoms with Crippen molar-refractivity contribution in [2.24, 2.45) is 0 Å². The number of hydrogen-bond acceptors (Lipinski definition) is 3. The molecule has 0 fully saturated rings. The molecule has 0 N–H and O–H groups in total. The maximum atomic E-state index is 4.47. The van der Waals surface area contributed by atoms with Crippen LogP contribution in [0.15, 0.2) is 189 Å². The molecule has 3 nitrogen and oxygen atoms in total. The highest BCUT2D eigenvalue weighted by molar-refractivity contribution is 6.33. The molecule has 0 amide bonds. The predicted octanol–water partition coefficient (Wildman–Crippen LogP) is 12.4. The topological polar surface area (TPSA) is 29.0 Å². The summed E-state index contributed by atoms with van der Waals surface area (Å²) in [7, 11) is 0. The van der Waals surface area contributed by atoms with Gasteiger partial charge in [0.15, 0.2) is 0 Å². The fraction of sp³-hybridized carbons (Fsp3) is 0. The molecule has 7 aromatic carbocycles. The van der Waals surface area contributed by atoms with Crippen molar-refractivity contribution in [3.05, 3.63) is 189 Å². The minimum absolute atomic E-state index is 0.975. The number of pyridine rings is 2. The third-order valence-corrected chi connectivity index (χ3v) is 9.38. The van der Waals surface area contributed by atoms with Crippen LogP contribution in [0.2, 0.25) is 0 Å². The molecule has 0 aliphatic carbocycles. The summed E-state index contributed by atoms with van der Waals surface area (Å²) in [5.41, 5.74) is 10.3. The first kappa shape index (κ1) is 28.6. The Kier molecular flexibility index (Phi) is 7.14. The van der Waals surface area contributed by atoms with E-state index in [0.29, 0.717) is 0 Å². The Balaban J connectivity index is 1.47. The van der Waals surface area contributed by atoms with Gasteiger partial charge in [0, 0.05) is 18.1 Å². The van der Waals surface area contributed by atoms with E-state index in [1.165, 1.54) is 65.7 Å². The van der Waals surface area contributed by atoms with Gasteiger partial charge >= 0.3 is 0 Å². The summed E-state index contributed by atoms with van der Waals surface area (Å²) in [6.45, 7) is 0. The van der Waals surface area contributed by atoms with E-state index in [0.717, 1.165) is 17.1 Å². The van der Waals surface area contributed by atoms with Crippen molar-refractivity contribution in [2.75, 3.05) is 4.90 Å². The quantitative estimate of drug-likeness (QED) is 0.172. The molecular weight excluding hydrogens is 595 g/mol. The SMILES string of the molecule is c1ccc(-c2cc(-c3ccccc3)c3c4ccccc4c4cc(N(c5cccnc5)c5cccnc5)ccc4c3c2-c2ccccc2)cc1. The van der Waals surface area contributed by atoms with Gasteiger partial charge in [0.2, 0.25) is 0 Å². The Morgan fingerprint density at radius 3 is 1.47 bits per heavy atom. The summed E-state index contributed by atoms with van der Waals surface area (Å²) < 4.78 is 0. The third-order valence-electron chi connectivity index (χ3n) is 9.38. The van der Waals surface area contributed by atoms with Crippen molar-refractivity contribution >= 4 is 49.4 Å².